The third-order valence-corrected chi connectivity index (χ3v) is 5.30. The fourth-order valence-electron chi connectivity index (χ4n) is 2.98. The SMILES string of the molecule is CCC1(C)CCN(CCn2cc(CNC3CC3)nn2)CC1. The Balaban J connectivity index is 1.39. The second-order valence-electron chi connectivity index (χ2n) is 7.13. The molecule has 1 aromatic heterocycles. The number of aromatic nitrogens is 3. The lowest BCUT2D eigenvalue weighted by Crippen LogP contribution is -2.39. The number of hydrogen-bond acceptors (Lipinski definition) is 4. The highest BCUT2D eigenvalue weighted by atomic mass is 15.4. The summed E-state index contributed by atoms with van der Waals surface area (Å²) in [4.78, 5) is 2.57. The maximum absolute atomic E-state index is 4.25. The molecule has 0 amide bonds. The molecule has 1 N–H and O–H groups in total. The third kappa shape index (κ3) is 4.27. The van der Waals surface area contributed by atoms with Crippen LogP contribution in [0.4, 0.5) is 0 Å². The summed E-state index contributed by atoms with van der Waals surface area (Å²) in [5.74, 6) is 0. The molecule has 21 heavy (non-hydrogen) atoms. The summed E-state index contributed by atoms with van der Waals surface area (Å²) in [6.45, 7) is 10.1. The number of rotatable bonds is 7. The lowest BCUT2D eigenvalue weighted by molar-refractivity contribution is 0.111. The van der Waals surface area contributed by atoms with E-state index in [1.807, 2.05) is 4.68 Å². The molecule has 118 valence electrons. The third-order valence-electron chi connectivity index (χ3n) is 5.30. The minimum absolute atomic E-state index is 0.575. The summed E-state index contributed by atoms with van der Waals surface area (Å²) < 4.78 is 2.00. The van der Waals surface area contributed by atoms with Crippen LogP contribution >= 0.6 is 0 Å². The molecule has 1 aromatic rings. The van der Waals surface area contributed by atoms with E-state index < -0.39 is 0 Å². The molecule has 5 heteroatoms. The van der Waals surface area contributed by atoms with E-state index in [1.165, 1.54) is 45.2 Å². The summed E-state index contributed by atoms with van der Waals surface area (Å²) in [5, 5.41) is 12.0. The normalized spacial score (nSPS) is 22.6. The second-order valence-corrected chi connectivity index (χ2v) is 7.13. The van der Waals surface area contributed by atoms with Gasteiger partial charge >= 0.3 is 0 Å². The molecule has 1 saturated heterocycles. The van der Waals surface area contributed by atoms with Gasteiger partial charge in [-0.15, -0.1) is 5.10 Å². The molecule has 2 aliphatic rings. The Hall–Kier alpha value is -0.940. The zero-order valence-electron chi connectivity index (χ0n) is 13.5. The summed E-state index contributed by atoms with van der Waals surface area (Å²) in [6, 6.07) is 0.733. The molecule has 3 rings (SSSR count). The van der Waals surface area contributed by atoms with Gasteiger partial charge in [0.15, 0.2) is 0 Å². The Morgan fingerprint density at radius 2 is 2.05 bits per heavy atom. The molecule has 2 heterocycles. The van der Waals surface area contributed by atoms with E-state index in [0.29, 0.717) is 5.41 Å². The first-order valence-electron chi connectivity index (χ1n) is 8.52. The van der Waals surface area contributed by atoms with Crippen LogP contribution in [-0.4, -0.2) is 45.6 Å². The van der Waals surface area contributed by atoms with Crippen molar-refractivity contribution in [2.24, 2.45) is 5.41 Å². The fourth-order valence-corrected chi connectivity index (χ4v) is 2.98. The van der Waals surface area contributed by atoms with Gasteiger partial charge in [-0.05, 0) is 44.2 Å². The maximum atomic E-state index is 4.25. The first-order chi connectivity index (χ1) is 10.2. The molecule has 5 nitrogen and oxygen atoms in total. The van der Waals surface area contributed by atoms with E-state index in [2.05, 4.69) is 40.6 Å². The van der Waals surface area contributed by atoms with Crippen molar-refractivity contribution in [3.8, 4) is 0 Å². The van der Waals surface area contributed by atoms with Crippen molar-refractivity contribution in [1.29, 1.82) is 0 Å². The van der Waals surface area contributed by atoms with Crippen LogP contribution in [0.25, 0.3) is 0 Å². The van der Waals surface area contributed by atoms with Crippen molar-refractivity contribution in [2.75, 3.05) is 19.6 Å². The standard InChI is InChI=1S/C16H29N5/c1-3-16(2)6-8-20(9-7-16)10-11-21-13-15(18-19-21)12-17-14-4-5-14/h13-14,17H,3-12H2,1-2H3. The monoisotopic (exact) mass is 291 g/mol. The first-order valence-corrected chi connectivity index (χ1v) is 8.52. The van der Waals surface area contributed by atoms with Crippen molar-refractivity contribution in [2.45, 2.75) is 65.1 Å². The van der Waals surface area contributed by atoms with Gasteiger partial charge in [-0.1, -0.05) is 25.5 Å². The number of likely N-dealkylation sites (tertiary alicyclic amines) is 1. The molecule has 1 aliphatic heterocycles. The number of nitrogens with one attached hydrogen (secondary N) is 1. The van der Waals surface area contributed by atoms with Gasteiger partial charge in [-0.2, -0.15) is 0 Å². The van der Waals surface area contributed by atoms with Gasteiger partial charge in [-0.25, -0.2) is 0 Å². The predicted molar refractivity (Wildman–Crippen MR) is 84.0 cm³/mol. The van der Waals surface area contributed by atoms with Gasteiger partial charge in [0, 0.05) is 25.3 Å². The Morgan fingerprint density at radius 3 is 2.71 bits per heavy atom. The van der Waals surface area contributed by atoms with Crippen molar-refractivity contribution in [3.05, 3.63) is 11.9 Å². The average molecular weight is 291 g/mol. The van der Waals surface area contributed by atoms with Crippen LogP contribution in [-0.2, 0) is 13.1 Å². The molecule has 0 radical (unpaired) electrons. The summed E-state index contributed by atoms with van der Waals surface area (Å²) in [7, 11) is 0. The molecular weight excluding hydrogens is 262 g/mol. The van der Waals surface area contributed by atoms with Crippen molar-refractivity contribution < 1.29 is 0 Å². The first kappa shape index (κ1) is 15.0. The van der Waals surface area contributed by atoms with Gasteiger partial charge in [0.1, 0.15) is 0 Å². The van der Waals surface area contributed by atoms with Crippen LogP contribution in [0.1, 0.15) is 51.6 Å². The van der Waals surface area contributed by atoms with Crippen LogP contribution in [0.2, 0.25) is 0 Å². The van der Waals surface area contributed by atoms with Gasteiger partial charge in [0.05, 0.1) is 12.2 Å². The fraction of sp³-hybridized carbons (Fsp3) is 0.875. The zero-order chi connectivity index (χ0) is 14.7. The smallest absolute Gasteiger partial charge is 0.0964 e. The van der Waals surface area contributed by atoms with E-state index in [1.54, 1.807) is 0 Å². The molecule has 1 aliphatic carbocycles. The van der Waals surface area contributed by atoms with E-state index in [4.69, 9.17) is 0 Å². The highest BCUT2D eigenvalue weighted by Gasteiger charge is 2.27. The molecule has 0 unspecified atom stereocenters. The van der Waals surface area contributed by atoms with Gasteiger partial charge in [0.2, 0.25) is 0 Å². The number of hydrogen-bond donors (Lipinski definition) is 1. The maximum Gasteiger partial charge on any atom is 0.0964 e. The highest BCUT2D eigenvalue weighted by Crippen LogP contribution is 2.33. The summed E-state index contributed by atoms with van der Waals surface area (Å²) >= 11 is 0. The van der Waals surface area contributed by atoms with E-state index >= 15 is 0 Å². The number of piperidine rings is 1. The number of nitrogens with zero attached hydrogens (tertiary/aromatic N) is 4. The van der Waals surface area contributed by atoms with Gasteiger partial charge < -0.3 is 10.2 Å². The van der Waals surface area contributed by atoms with Crippen LogP contribution in [0.3, 0.4) is 0 Å². The van der Waals surface area contributed by atoms with Crippen LogP contribution in [0.15, 0.2) is 6.20 Å². The van der Waals surface area contributed by atoms with Gasteiger partial charge in [-0.3, -0.25) is 4.68 Å². The molecule has 0 spiro atoms. The Bertz CT molecular complexity index is 443. The molecule has 0 atom stereocenters. The average Bonchev–Trinajstić information content (AvgIpc) is 3.23. The van der Waals surface area contributed by atoms with E-state index in [9.17, 15) is 0 Å². The largest absolute Gasteiger partial charge is 0.308 e. The highest BCUT2D eigenvalue weighted by molar-refractivity contribution is 4.94. The quantitative estimate of drug-likeness (QED) is 0.835. The Kier molecular flexibility index (Phi) is 4.60. The van der Waals surface area contributed by atoms with Crippen molar-refractivity contribution in [1.82, 2.24) is 25.2 Å². The topological polar surface area (TPSA) is 46.0 Å². The van der Waals surface area contributed by atoms with E-state index in [0.717, 1.165) is 31.4 Å². The lowest BCUT2D eigenvalue weighted by atomic mass is 9.78. The Labute approximate surface area is 128 Å². The predicted octanol–water partition coefficient (Wildman–Crippen LogP) is 2.04. The van der Waals surface area contributed by atoms with Crippen molar-refractivity contribution in [3.63, 3.8) is 0 Å². The Morgan fingerprint density at radius 1 is 1.29 bits per heavy atom. The summed E-state index contributed by atoms with van der Waals surface area (Å²) in [6.07, 6.45) is 8.70. The minimum atomic E-state index is 0.575. The van der Waals surface area contributed by atoms with E-state index in [-0.39, 0.29) is 0 Å². The van der Waals surface area contributed by atoms with Crippen LogP contribution < -0.4 is 5.32 Å². The molecule has 1 saturated carbocycles. The van der Waals surface area contributed by atoms with Gasteiger partial charge in [0.25, 0.3) is 0 Å². The van der Waals surface area contributed by atoms with Crippen LogP contribution in [0.5, 0.6) is 0 Å². The van der Waals surface area contributed by atoms with Crippen molar-refractivity contribution >= 4 is 0 Å². The zero-order valence-corrected chi connectivity index (χ0v) is 13.5. The molecule has 0 aromatic carbocycles. The molecular formula is C16H29N5. The summed E-state index contributed by atoms with van der Waals surface area (Å²) in [5.41, 5.74) is 1.64. The lowest BCUT2D eigenvalue weighted by Gasteiger charge is -2.38. The minimum Gasteiger partial charge on any atom is -0.308 e. The molecule has 2 fully saturated rings. The molecule has 0 bridgehead atoms. The second kappa shape index (κ2) is 6.44. The van der Waals surface area contributed by atoms with Crippen LogP contribution in [0, 0.1) is 5.41 Å².